The predicted molar refractivity (Wildman–Crippen MR) is 71.8 cm³/mol. The van der Waals surface area contributed by atoms with Gasteiger partial charge >= 0.3 is 0 Å². The van der Waals surface area contributed by atoms with Crippen LogP contribution in [0.2, 0.25) is 0 Å². The molecule has 1 aromatic rings. The fourth-order valence-corrected chi connectivity index (χ4v) is 2.89. The van der Waals surface area contributed by atoms with Crippen molar-refractivity contribution in [3.8, 4) is 0 Å². The molecular weight excluding hydrogens is 392 g/mol. The van der Waals surface area contributed by atoms with Crippen LogP contribution < -0.4 is 5.84 Å². The maximum Gasteiger partial charge on any atom is 0.0869 e. The molecule has 2 heterocycles. The number of nitrogens with zero attached hydrogens (tertiary/aromatic N) is 2. The monoisotopic (exact) mass is 401 g/mol. The van der Waals surface area contributed by atoms with E-state index < -0.39 is 0 Å². The lowest BCUT2D eigenvalue weighted by Gasteiger charge is -2.14. The Morgan fingerprint density at radius 2 is 2.46 bits per heavy atom. The van der Waals surface area contributed by atoms with Crippen LogP contribution in [-0.2, 0) is 4.43 Å². The first-order valence-corrected chi connectivity index (χ1v) is 6.73. The van der Waals surface area contributed by atoms with Crippen LogP contribution in [0.5, 0.6) is 0 Å². The van der Waals surface area contributed by atoms with Crippen molar-refractivity contribution in [3.05, 3.63) is 17.5 Å². The summed E-state index contributed by atoms with van der Waals surface area (Å²) in [5, 5.41) is 0. The number of halogens is 2. The minimum atomic E-state index is 0.465. The highest BCUT2D eigenvalue weighted by Crippen LogP contribution is 2.38. The summed E-state index contributed by atoms with van der Waals surface area (Å²) in [5.74, 6) is 5.96. The lowest BCUT2D eigenvalue weighted by Crippen LogP contribution is -2.16. The van der Waals surface area contributed by atoms with Crippen LogP contribution in [0, 0.1) is 0 Å². The third-order valence-corrected chi connectivity index (χ3v) is 3.99. The number of hydrogen-bond acceptors (Lipinski definition) is 2. The summed E-state index contributed by atoms with van der Waals surface area (Å²) in [5.41, 5.74) is 3.35. The van der Waals surface area contributed by atoms with Gasteiger partial charge in [-0.3, -0.25) is 9.67 Å². The molecule has 0 aromatic carbocycles. The molecule has 0 fully saturated rings. The second-order valence-corrected chi connectivity index (χ2v) is 5.19. The molecule has 5 heteroatoms. The van der Waals surface area contributed by atoms with E-state index in [1.807, 2.05) is 6.21 Å². The fraction of sp³-hybridized carbons (Fsp3) is 0.375. The molecule has 0 bridgehead atoms. The lowest BCUT2D eigenvalue weighted by molar-refractivity contribution is 0.843. The zero-order chi connectivity index (χ0) is 9.42. The Kier molecular flexibility index (Phi) is 2.82. The average molecular weight is 401 g/mol. The van der Waals surface area contributed by atoms with Gasteiger partial charge in [-0.1, -0.05) is 45.2 Å². The highest BCUT2D eigenvalue weighted by molar-refractivity contribution is 14.1. The number of alkyl halides is 2. The second-order valence-electron chi connectivity index (χ2n) is 2.92. The summed E-state index contributed by atoms with van der Waals surface area (Å²) in [6.07, 6.45) is 2.95. The van der Waals surface area contributed by atoms with Crippen molar-refractivity contribution in [2.24, 2.45) is 4.99 Å². The first-order valence-electron chi connectivity index (χ1n) is 3.96. The Bertz CT molecular complexity index is 357. The SMILES string of the molecule is Nn1c(CI)cc2c1C(I)CC=N2. The minimum Gasteiger partial charge on any atom is -0.339 e. The van der Waals surface area contributed by atoms with Gasteiger partial charge < -0.3 is 5.84 Å². The predicted octanol–water partition coefficient (Wildman–Crippen LogP) is 2.72. The molecule has 2 N–H and O–H groups in total. The topological polar surface area (TPSA) is 43.3 Å². The Morgan fingerprint density at radius 3 is 3.08 bits per heavy atom. The number of hydrogen-bond donors (Lipinski definition) is 1. The molecule has 0 radical (unpaired) electrons. The van der Waals surface area contributed by atoms with Gasteiger partial charge in [0.25, 0.3) is 0 Å². The molecule has 1 atom stereocenters. The summed E-state index contributed by atoms with van der Waals surface area (Å²) in [6.45, 7) is 0. The van der Waals surface area contributed by atoms with Gasteiger partial charge in [0, 0.05) is 17.1 Å². The number of nitrogens with two attached hydrogens (primary N) is 1. The molecule has 13 heavy (non-hydrogen) atoms. The zero-order valence-corrected chi connectivity index (χ0v) is 11.2. The molecule has 0 aliphatic carbocycles. The molecule has 70 valence electrons. The standard InChI is InChI=1S/C8H9I2N3/c9-4-5-3-7-8(13(5)11)6(10)1-2-12-7/h2-3,6H,1,4,11H2. The van der Waals surface area contributed by atoms with Gasteiger partial charge in [0.1, 0.15) is 0 Å². The Hall–Kier alpha value is 0.210. The van der Waals surface area contributed by atoms with Crippen molar-refractivity contribution in [3.63, 3.8) is 0 Å². The van der Waals surface area contributed by atoms with Gasteiger partial charge in [-0.2, -0.15) is 0 Å². The summed E-state index contributed by atoms with van der Waals surface area (Å²) in [4.78, 5) is 4.34. The molecule has 3 nitrogen and oxygen atoms in total. The van der Waals surface area contributed by atoms with E-state index in [4.69, 9.17) is 5.84 Å². The van der Waals surface area contributed by atoms with Gasteiger partial charge in [0.15, 0.2) is 0 Å². The molecule has 0 saturated heterocycles. The molecule has 1 aliphatic heterocycles. The quantitative estimate of drug-likeness (QED) is 0.439. The third-order valence-electron chi connectivity index (χ3n) is 2.11. The van der Waals surface area contributed by atoms with Crippen LogP contribution in [0.3, 0.4) is 0 Å². The molecular formula is C8H9I2N3. The molecule has 1 aromatic heterocycles. The molecule has 1 unspecified atom stereocenters. The van der Waals surface area contributed by atoms with Gasteiger partial charge in [0.2, 0.25) is 0 Å². The van der Waals surface area contributed by atoms with Crippen molar-refractivity contribution in [1.29, 1.82) is 0 Å². The van der Waals surface area contributed by atoms with Crippen LogP contribution in [0.25, 0.3) is 0 Å². The van der Waals surface area contributed by atoms with Crippen molar-refractivity contribution in [1.82, 2.24) is 4.68 Å². The first-order chi connectivity index (χ1) is 6.24. The fourth-order valence-electron chi connectivity index (χ4n) is 1.45. The van der Waals surface area contributed by atoms with E-state index in [1.165, 1.54) is 0 Å². The normalized spacial score (nSPS) is 20.3. The summed E-state index contributed by atoms with van der Waals surface area (Å²) >= 11 is 4.72. The third kappa shape index (κ3) is 1.60. The minimum absolute atomic E-state index is 0.465. The molecule has 0 amide bonds. The smallest absolute Gasteiger partial charge is 0.0869 e. The van der Waals surface area contributed by atoms with E-state index in [9.17, 15) is 0 Å². The van der Waals surface area contributed by atoms with E-state index in [2.05, 4.69) is 56.2 Å². The van der Waals surface area contributed by atoms with Crippen LogP contribution >= 0.6 is 45.2 Å². The number of nitrogen functional groups attached to an aromatic ring is 1. The highest BCUT2D eigenvalue weighted by atomic mass is 127. The van der Waals surface area contributed by atoms with Crippen molar-refractivity contribution in [2.75, 3.05) is 5.84 Å². The summed E-state index contributed by atoms with van der Waals surface area (Å²) in [6, 6.07) is 2.07. The lowest BCUT2D eigenvalue weighted by atomic mass is 10.2. The van der Waals surface area contributed by atoms with E-state index in [0.717, 1.165) is 27.9 Å². The summed E-state index contributed by atoms with van der Waals surface area (Å²) in [7, 11) is 0. The second kappa shape index (κ2) is 3.76. The average Bonchev–Trinajstić information content (AvgIpc) is 2.44. The van der Waals surface area contributed by atoms with E-state index in [1.54, 1.807) is 4.68 Å². The number of aromatic nitrogens is 1. The van der Waals surface area contributed by atoms with Gasteiger partial charge in [-0.15, -0.1) is 0 Å². The first kappa shape index (κ1) is 9.75. The van der Waals surface area contributed by atoms with E-state index in [0.29, 0.717) is 3.92 Å². The molecule has 1 aliphatic rings. The van der Waals surface area contributed by atoms with Crippen molar-refractivity contribution < 1.29 is 0 Å². The maximum atomic E-state index is 5.96. The van der Waals surface area contributed by atoms with Gasteiger partial charge in [-0.25, -0.2) is 0 Å². The Morgan fingerprint density at radius 1 is 1.69 bits per heavy atom. The van der Waals surface area contributed by atoms with Crippen LogP contribution in [-0.4, -0.2) is 10.9 Å². The highest BCUT2D eigenvalue weighted by Gasteiger charge is 2.21. The molecule has 0 spiro atoms. The van der Waals surface area contributed by atoms with Crippen LogP contribution in [0.4, 0.5) is 5.69 Å². The number of rotatable bonds is 1. The van der Waals surface area contributed by atoms with Crippen LogP contribution in [0.1, 0.15) is 21.7 Å². The molecule has 2 rings (SSSR count). The van der Waals surface area contributed by atoms with E-state index >= 15 is 0 Å². The number of aliphatic imine (C=N–C) groups is 1. The van der Waals surface area contributed by atoms with Crippen LogP contribution in [0.15, 0.2) is 11.1 Å². The van der Waals surface area contributed by atoms with Crippen molar-refractivity contribution in [2.45, 2.75) is 14.8 Å². The number of fused-ring (bicyclic) bond motifs is 1. The summed E-state index contributed by atoms with van der Waals surface area (Å²) < 4.78 is 3.18. The Labute approximate surface area is 104 Å². The van der Waals surface area contributed by atoms with E-state index in [-0.39, 0.29) is 0 Å². The zero-order valence-electron chi connectivity index (χ0n) is 6.87. The van der Waals surface area contributed by atoms with Crippen molar-refractivity contribution >= 4 is 57.1 Å². The molecule has 0 saturated carbocycles. The largest absolute Gasteiger partial charge is 0.339 e. The van der Waals surface area contributed by atoms with Gasteiger partial charge in [0.05, 0.1) is 21.0 Å². The van der Waals surface area contributed by atoms with Gasteiger partial charge in [-0.05, 0) is 6.07 Å². The Balaban J connectivity index is 2.56. The maximum absolute atomic E-state index is 5.96.